The molecule has 1 N–H and O–H groups in total. The van der Waals surface area contributed by atoms with Gasteiger partial charge in [-0.15, -0.1) is 10.2 Å². The SMILES string of the molecule is CCCCCCC(C)(C)Nc1nncs1. The number of nitrogens with one attached hydrogen (secondary N) is 1. The Morgan fingerprint density at radius 3 is 2.73 bits per heavy atom. The van der Waals surface area contributed by atoms with E-state index in [2.05, 4.69) is 36.3 Å². The van der Waals surface area contributed by atoms with Crippen molar-refractivity contribution >= 4 is 16.5 Å². The van der Waals surface area contributed by atoms with Gasteiger partial charge in [0.2, 0.25) is 5.13 Å². The summed E-state index contributed by atoms with van der Waals surface area (Å²) in [6.07, 6.45) is 6.44. The van der Waals surface area contributed by atoms with Crippen LogP contribution >= 0.6 is 11.3 Å². The Balaban J connectivity index is 2.25. The summed E-state index contributed by atoms with van der Waals surface area (Å²) in [5.74, 6) is 0. The fraction of sp³-hybridized carbons (Fsp3) is 0.818. The second-order valence-corrected chi connectivity index (χ2v) is 5.40. The van der Waals surface area contributed by atoms with Gasteiger partial charge < -0.3 is 5.32 Å². The fourth-order valence-corrected chi connectivity index (χ4v) is 2.20. The molecule has 0 saturated carbocycles. The van der Waals surface area contributed by atoms with Crippen molar-refractivity contribution < 1.29 is 0 Å². The van der Waals surface area contributed by atoms with Gasteiger partial charge in [-0.1, -0.05) is 43.9 Å². The highest BCUT2D eigenvalue weighted by molar-refractivity contribution is 7.13. The topological polar surface area (TPSA) is 37.8 Å². The Hall–Kier alpha value is -0.640. The lowest BCUT2D eigenvalue weighted by Crippen LogP contribution is -2.30. The molecule has 0 aromatic carbocycles. The quantitative estimate of drug-likeness (QED) is 0.722. The van der Waals surface area contributed by atoms with Crippen LogP contribution in [0.1, 0.15) is 52.9 Å². The van der Waals surface area contributed by atoms with Crippen LogP contribution in [0.25, 0.3) is 0 Å². The molecule has 0 aliphatic rings. The molecule has 86 valence electrons. The second kappa shape index (κ2) is 6.05. The molecule has 0 aliphatic heterocycles. The van der Waals surface area contributed by atoms with Gasteiger partial charge in [-0.2, -0.15) is 0 Å². The number of anilines is 1. The molecule has 0 bridgehead atoms. The van der Waals surface area contributed by atoms with Crippen molar-refractivity contribution in [2.75, 3.05) is 5.32 Å². The highest BCUT2D eigenvalue weighted by Gasteiger charge is 2.17. The average Bonchev–Trinajstić information content (AvgIpc) is 2.64. The largest absolute Gasteiger partial charge is 0.355 e. The molecule has 0 unspecified atom stereocenters. The van der Waals surface area contributed by atoms with Gasteiger partial charge >= 0.3 is 0 Å². The summed E-state index contributed by atoms with van der Waals surface area (Å²) in [6, 6.07) is 0. The van der Waals surface area contributed by atoms with E-state index < -0.39 is 0 Å². The van der Waals surface area contributed by atoms with Crippen molar-refractivity contribution in [1.82, 2.24) is 10.2 Å². The van der Waals surface area contributed by atoms with Gasteiger partial charge in [0.15, 0.2) is 0 Å². The molecule has 0 saturated heterocycles. The van der Waals surface area contributed by atoms with E-state index in [0.717, 1.165) is 5.13 Å². The minimum absolute atomic E-state index is 0.132. The van der Waals surface area contributed by atoms with Gasteiger partial charge in [0.1, 0.15) is 5.51 Å². The zero-order valence-electron chi connectivity index (χ0n) is 9.92. The van der Waals surface area contributed by atoms with E-state index in [1.807, 2.05) is 0 Å². The first kappa shape index (κ1) is 12.4. The third-order valence-electron chi connectivity index (χ3n) is 2.46. The minimum Gasteiger partial charge on any atom is -0.355 e. The van der Waals surface area contributed by atoms with E-state index in [4.69, 9.17) is 0 Å². The molecule has 0 aliphatic carbocycles. The number of hydrogen-bond acceptors (Lipinski definition) is 4. The van der Waals surface area contributed by atoms with Crippen LogP contribution in [0, 0.1) is 0 Å². The first-order valence-electron chi connectivity index (χ1n) is 5.68. The van der Waals surface area contributed by atoms with Gasteiger partial charge in [0.05, 0.1) is 0 Å². The summed E-state index contributed by atoms with van der Waals surface area (Å²) < 4.78 is 0. The van der Waals surface area contributed by atoms with E-state index in [1.54, 1.807) is 16.8 Å². The van der Waals surface area contributed by atoms with Crippen LogP contribution in [0.15, 0.2) is 5.51 Å². The molecule has 15 heavy (non-hydrogen) atoms. The molecule has 1 aromatic heterocycles. The van der Waals surface area contributed by atoms with Crippen molar-refractivity contribution in [3.63, 3.8) is 0 Å². The predicted octanol–water partition coefficient (Wildman–Crippen LogP) is 3.70. The zero-order chi connectivity index (χ0) is 11.1. The smallest absolute Gasteiger partial charge is 0.205 e. The molecular formula is C11H21N3S. The van der Waals surface area contributed by atoms with Crippen molar-refractivity contribution in [1.29, 1.82) is 0 Å². The number of hydrogen-bond donors (Lipinski definition) is 1. The second-order valence-electron chi connectivity index (χ2n) is 4.56. The normalized spacial score (nSPS) is 11.7. The molecule has 0 radical (unpaired) electrons. The van der Waals surface area contributed by atoms with E-state index in [1.165, 1.54) is 32.1 Å². The molecular weight excluding hydrogens is 206 g/mol. The van der Waals surface area contributed by atoms with Crippen LogP contribution in [0.4, 0.5) is 5.13 Å². The van der Waals surface area contributed by atoms with Gasteiger partial charge in [-0.25, -0.2) is 0 Å². The van der Waals surface area contributed by atoms with Crippen molar-refractivity contribution in [2.45, 2.75) is 58.4 Å². The Labute approximate surface area is 96.3 Å². The standard InChI is InChI=1S/C11H21N3S/c1-4-5-6-7-8-11(2,3)13-10-14-12-9-15-10/h9H,4-8H2,1-3H3,(H,13,14). The lowest BCUT2D eigenvalue weighted by molar-refractivity contribution is 0.477. The third-order valence-corrected chi connectivity index (χ3v) is 3.07. The summed E-state index contributed by atoms with van der Waals surface area (Å²) >= 11 is 1.56. The van der Waals surface area contributed by atoms with E-state index in [9.17, 15) is 0 Å². The Morgan fingerprint density at radius 2 is 2.13 bits per heavy atom. The molecule has 0 fully saturated rings. The third kappa shape index (κ3) is 5.11. The highest BCUT2D eigenvalue weighted by Crippen LogP contribution is 2.21. The van der Waals surface area contributed by atoms with Gasteiger partial charge in [0.25, 0.3) is 0 Å². The van der Waals surface area contributed by atoms with Gasteiger partial charge in [-0.3, -0.25) is 0 Å². The first-order chi connectivity index (χ1) is 7.14. The van der Waals surface area contributed by atoms with E-state index >= 15 is 0 Å². The van der Waals surface area contributed by atoms with Crippen LogP contribution in [0.5, 0.6) is 0 Å². The number of nitrogens with zero attached hydrogens (tertiary/aromatic N) is 2. The van der Waals surface area contributed by atoms with E-state index in [0.29, 0.717) is 0 Å². The summed E-state index contributed by atoms with van der Waals surface area (Å²) in [7, 11) is 0. The number of aromatic nitrogens is 2. The number of rotatable bonds is 7. The Morgan fingerprint density at radius 1 is 1.33 bits per heavy atom. The van der Waals surface area contributed by atoms with Crippen LogP contribution < -0.4 is 5.32 Å². The summed E-state index contributed by atoms with van der Waals surface area (Å²) in [6.45, 7) is 6.69. The lowest BCUT2D eigenvalue weighted by atomic mass is 9.97. The predicted molar refractivity (Wildman–Crippen MR) is 66.4 cm³/mol. The maximum absolute atomic E-state index is 4.00. The molecule has 3 nitrogen and oxygen atoms in total. The maximum Gasteiger partial charge on any atom is 0.205 e. The van der Waals surface area contributed by atoms with E-state index in [-0.39, 0.29) is 5.54 Å². The van der Waals surface area contributed by atoms with Crippen LogP contribution in [-0.2, 0) is 0 Å². The monoisotopic (exact) mass is 227 g/mol. The van der Waals surface area contributed by atoms with Crippen molar-refractivity contribution in [3.05, 3.63) is 5.51 Å². The highest BCUT2D eigenvalue weighted by atomic mass is 32.1. The Kier molecular flexibility index (Phi) is 5.02. The van der Waals surface area contributed by atoms with Crippen LogP contribution in [-0.4, -0.2) is 15.7 Å². The molecule has 0 amide bonds. The fourth-order valence-electron chi connectivity index (χ4n) is 1.57. The lowest BCUT2D eigenvalue weighted by Gasteiger charge is -2.25. The zero-order valence-corrected chi connectivity index (χ0v) is 10.7. The van der Waals surface area contributed by atoms with Gasteiger partial charge in [-0.05, 0) is 20.3 Å². The summed E-state index contributed by atoms with van der Waals surface area (Å²) in [5, 5.41) is 12.2. The van der Waals surface area contributed by atoms with Crippen molar-refractivity contribution in [3.8, 4) is 0 Å². The Bertz CT molecular complexity index is 257. The summed E-state index contributed by atoms with van der Waals surface area (Å²) in [4.78, 5) is 0. The molecule has 1 heterocycles. The molecule has 4 heteroatoms. The molecule has 0 atom stereocenters. The van der Waals surface area contributed by atoms with Crippen LogP contribution in [0.3, 0.4) is 0 Å². The molecule has 1 rings (SSSR count). The maximum atomic E-state index is 4.00. The average molecular weight is 227 g/mol. The van der Waals surface area contributed by atoms with Crippen molar-refractivity contribution in [2.24, 2.45) is 0 Å². The first-order valence-corrected chi connectivity index (χ1v) is 6.56. The number of unbranched alkanes of at least 4 members (excludes halogenated alkanes) is 3. The van der Waals surface area contributed by atoms with Gasteiger partial charge in [0, 0.05) is 5.54 Å². The minimum atomic E-state index is 0.132. The summed E-state index contributed by atoms with van der Waals surface area (Å²) in [5.41, 5.74) is 1.89. The molecule has 1 aromatic rings. The molecule has 0 spiro atoms. The van der Waals surface area contributed by atoms with Crippen LogP contribution in [0.2, 0.25) is 0 Å².